The maximum absolute atomic E-state index is 10.6. The predicted octanol–water partition coefficient (Wildman–Crippen LogP) is -2.92. The summed E-state index contributed by atoms with van der Waals surface area (Å²) in [5, 5.41) is 9.65. The van der Waals surface area contributed by atoms with Gasteiger partial charge in [0.05, 0.1) is 34.8 Å². The van der Waals surface area contributed by atoms with Crippen molar-refractivity contribution in [2.75, 3.05) is 26.0 Å². The third-order valence-corrected chi connectivity index (χ3v) is 3.80. The summed E-state index contributed by atoms with van der Waals surface area (Å²) in [6.45, 7) is 2.70. The minimum atomic E-state index is -4.40. The molecule has 20 heavy (non-hydrogen) atoms. The van der Waals surface area contributed by atoms with Gasteiger partial charge in [-0.1, -0.05) is 19.1 Å². The van der Waals surface area contributed by atoms with Crippen LogP contribution in [0.15, 0.2) is 24.0 Å². The molecule has 0 fully saturated rings. The summed E-state index contributed by atoms with van der Waals surface area (Å²) >= 11 is 0. The fourth-order valence-corrected chi connectivity index (χ4v) is 2.67. The third-order valence-electron chi connectivity index (χ3n) is 3.00. The first-order valence-corrected chi connectivity index (χ1v) is 7.70. The first-order valence-electron chi connectivity index (χ1n) is 6.12. The van der Waals surface area contributed by atoms with Gasteiger partial charge in [-0.15, -0.1) is 0 Å². The molecule has 8 heteroatoms. The molecule has 0 aromatic rings. The molecule has 6 nitrogen and oxygen atoms in total. The summed E-state index contributed by atoms with van der Waals surface area (Å²) < 4.78 is 37.0. The second-order valence-corrected chi connectivity index (χ2v) is 5.91. The largest absolute Gasteiger partial charge is 1.00 e. The van der Waals surface area contributed by atoms with E-state index >= 15 is 0 Å². The van der Waals surface area contributed by atoms with Crippen molar-refractivity contribution in [1.82, 2.24) is 4.90 Å². The molecule has 0 saturated heterocycles. The van der Waals surface area contributed by atoms with E-state index in [1.165, 1.54) is 0 Å². The van der Waals surface area contributed by atoms with E-state index in [1.807, 2.05) is 30.1 Å². The molecule has 0 amide bonds. The van der Waals surface area contributed by atoms with Crippen LogP contribution in [0.5, 0.6) is 0 Å². The first kappa shape index (κ1) is 20.1. The van der Waals surface area contributed by atoms with Crippen LogP contribution in [0.25, 0.3) is 0 Å². The van der Waals surface area contributed by atoms with Crippen molar-refractivity contribution in [3.8, 4) is 0 Å². The smallest absolute Gasteiger partial charge is 0.748 e. The standard InChI is InChI=1S/C12H21NO5S.Na/c1-3-13(8-11(14)9-19(15,16)17)10-5-4-6-12(7-10)18-2;/h4-6,10-11,14H,3,7-9H2,1-2H3,(H,15,16,17);/q;+1/p-1. The molecule has 0 aliphatic heterocycles. The molecule has 0 aromatic carbocycles. The quantitative estimate of drug-likeness (QED) is 0.400. The van der Waals surface area contributed by atoms with Gasteiger partial charge in [-0.2, -0.15) is 0 Å². The van der Waals surface area contributed by atoms with Gasteiger partial charge in [0, 0.05) is 19.0 Å². The van der Waals surface area contributed by atoms with Gasteiger partial charge >= 0.3 is 29.6 Å². The predicted molar refractivity (Wildman–Crippen MR) is 70.5 cm³/mol. The van der Waals surface area contributed by atoms with Gasteiger partial charge < -0.3 is 14.4 Å². The van der Waals surface area contributed by atoms with E-state index in [0.29, 0.717) is 13.0 Å². The van der Waals surface area contributed by atoms with Crippen LogP contribution < -0.4 is 29.6 Å². The number of allylic oxidation sites excluding steroid dienone is 2. The average Bonchev–Trinajstić information content (AvgIpc) is 2.34. The number of ether oxygens (including phenoxy) is 1. The molecule has 1 aliphatic carbocycles. The zero-order valence-corrected chi connectivity index (χ0v) is 15.0. The number of hydrogen-bond donors (Lipinski definition) is 1. The molecule has 0 spiro atoms. The molecule has 0 saturated carbocycles. The summed E-state index contributed by atoms with van der Waals surface area (Å²) in [5.41, 5.74) is 0. The van der Waals surface area contributed by atoms with E-state index in [1.54, 1.807) is 7.11 Å². The summed E-state index contributed by atoms with van der Waals surface area (Å²) in [4.78, 5) is 1.92. The monoisotopic (exact) mass is 313 g/mol. The second-order valence-electron chi connectivity index (χ2n) is 4.46. The molecular formula is C12H20NNaO5S. The van der Waals surface area contributed by atoms with Crippen LogP contribution >= 0.6 is 0 Å². The molecule has 2 unspecified atom stereocenters. The van der Waals surface area contributed by atoms with Crippen LogP contribution in [-0.2, 0) is 14.9 Å². The number of nitrogens with zero attached hydrogens (tertiary/aromatic N) is 1. The Kier molecular flexibility index (Phi) is 9.24. The maximum atomic E-state index is 10.6. The Morgan fingerprint density at radius 2 is 2.25 bits per heavy atom. The number of aliphatic hydroxyl groups is 1. The van der Waals surface area contributed by atoms with Gasteiger partial charge in [-0.3, -0.25) is 4.90 Å². The van der Waals surface area contributed by atoms with Crippen LogP contribution in [0, 0.1) is 0 Å². The SMILES string of the molecule is CCN(CC(O)CS(=O)(=O)[O-])C1C=CC=C(OC)C1.[Na+]. The third kappa shape index (κ3) is 7.21. The Hall–Kier alpha value is 0.110. The maximum Gasteiger partial charge on any atom is 1.00 e. The van der Waals surface area contributed by atoms with Crippen LogP contribution in [0.2, 0.25) is 0 Å². The second kappa shape index (κ2) is 9.19. The van der Waals surface area contributed by atoms with E-state index in [-0.39, 0.29) is 42.1 Å². The fourth-order valence-electron chi connectivity index (χ4n) is 2.09. The average molecular weight is 313 g/mol. The number of likely N-dealkylation sites (N-methyl/N-ethyl adjacent to an activating group) is 1. The van der Waals surface area contributed by atoms with Crippen molar-refractivity contribution in [1.29, 1.82) is 0 Å². The van der Waals surface area contributed by atoms with E-state index < -0.39 is 22.0 Å². The van der Waals surface area contributed by atoms with Crippen LogP contribution in [0.1, 0.15) is 13.3 Å². The topological polar surface area (TPSA) is 89.9 Å². The summed E-state index contributed by atoms with van der Waals surface area (Å²) in [6, 6.07) is 0.0361. The molecular weight excluding hydrogens is 293 g/mol. The normalized spacial score (nSPS) is 20.2. The van der Waals surface area contributed by atoms with Gasteiger partial charge in [0.2, 0.25) is 0 Å². The molecule has 0 heterocycles. The van der Waals surface area contributed by atoms with Gasteiger partial charge in [0.25, 0.3) is 0 Å². The summed E-state index contributed by atoms with van der Waals surface area (Å²) in [7, 11) is -2.81. The van der Waals surface area contributed by atoms with Crippen LogP contribution in [0.3, 0.4) is 0 Å². The number of methoxy groups -OCH3 is 1. The fraction of sp³-hybridized carbons (Fsp3) is 0.667. The van der Waals surface area contributed by atoms with E-state index in [4.69, 9.17) is 4.74 Å². The van der Waals surface area contributed by atoms with Crippen molar-refractivity contribution < 1.29 is 52.4 Å². The Balaban J connectivity index is 0.00000361. The molecule has 110 valence electrons. The van der Waals surface area contributed by atoms with Gasteiger partial charge in [0.15, 0.2) is 0 Å². The molecule has 1 rings (SSSR count). The Morgan fingerprint density at radius 3 is 2.75 bits per heavy atom. The van der Waals surface area contributed by atoms with Crippen molar-refractivity contribution in [2.24, 2.45) is 0 Å². The van der Waals surface area contributed by atoms with E-state index in [2.05, 4.69) is 0 Å². The summed E-state index contributed by atoms with van der Waals surface area (Å²) in [5.74, 6) is 0.0734. The molecule has 0 bridgehead atoms. The van der Waals surface area contributed by atoms with E-state index in [0.717, 1.165) is 5.76 Å². The number of aliphatic hydroxyl groups excluding tert-OH is 1. The summed E-state index contributed by atoms with van der Waals surface area (Å²) in [6.07, 6.45) is 5.19. The van der Waals surface area contributed by atoms with E-state index in [9.17, 15) is 18.1 Å². The van der Waals surface area contributed by atoms with Gasteiger partial charge in [-0.05, 0) is 12.6 Å². The number of rotatable bonds is 7. The molecule has 0 radical (unpaired) electrons. The van der Waals surface area contributed by atoms with Gasteiger partial charge in [0.1, 0.15) is 0 Å². The van der Waals surface area contributed by atoms with Crippen LogP contribution in [-0.4, -0.2) is 61.1 Å². The first-order chi connectivity index (χ1) is 8.85. The van der Waals surface area contributed by atoms with Crippen molar-refractivity contribution in [2.45, 2.75) is 25.5 Å². The molecule has 1 aliphatic rings. The molecule has 2 atom stereocenters. The molecule has 0 aromatic heterocycles. The van der Waals surface area contributed by atoms with Gasteiger partial charge in [-0.25, -0.2) is 8.42 Å². The molecule has 1 N–H and O–H groups in total. The zero-order chi connectivity index (χ0) is 14.5. The Labute approximate surface area is 142 Å². The van der Waals surface area contributed by atoms with Crippen molar-refractivity contribution in [3.05, 3.63) is 24.0 Å². The van der Waals surface area contributed by atoms with Crippen molar-refractivity contribution in [3.63, 3.8) is 0 Å². The zero-order valence-electron chi connectivity index (χ0n) is 12.2. The minimum Gasteiger partial charge on any atom is -0.748 e. The Morgan fingerprint density at radius 1 is 1.60 bits per heavy atom. The Bertz CT molecular complexity index is 449. The van der Waals surface area contributed by atoms with Crippen molar-refractivity contribution >= 4 is 10.1 Å². The minimum absolute atomic E-state index is 0. The number of hydrogen-bond acceptors (Lipinski definition) is 6. The van der Waals surface area contributed by atoms with Crippen LogP contribution in [0.4, 0.5) is 0 Å².